The Morgan fingerprint density at radius 3 is 2.84 bits per heavy atom. The quantitative estimate of drug-likeness (QED) is 0.839. The molecular formula is C19H24FN5. The van der Waals surface area contributed by atoms with Crippen molar-refractivity contribution < 1.29 is 4.39 Å². The second-order valence-corrected chi connectivity index (χ2v) is 6.60. The average molecular weight is 341 g/mol. The van der Waals surface area contributed by atoms with E-state index in [0.717, 1.165) is 38.5 Å². The summed E-state index contributed by atoms with van der Waals surface area (Å²) in [6, 6.07) is 7.09. The van der Waals surface area contributed by atoms with Crippen molar-refractivity contribution in [3.63, 3.8) is 0 Å². The van der Waals surface area contributed by atoms with Gasteiger partial charge in [0.2, 0.25) is 0 Å². The molecule has 1 aromatic heterocycles. The Hall–Kier alpha value is -2.23. The minimum atomic E-state index is -0.292. The lowest BCUT2D eigenvalue weighted by molar-refractivity contribution is 0.0699. The smallest absolute Gasteiger partial charge is 0.129 e. The highest BCUT2D eigenvalue weighted by Gasteiger charge is 2.25. The van der Waals surface area contributed by atoms with E-state index in [1.54, 1.807) is 12.1 Å². The molecule has 6 heteroatoms. The van der Waals surface area contributed by atoms with Gasteiger partial charge in [0.1, 0.15) is 11.6 Å². The molecule has 1 aliphatic rings. The first-order valence-corrected chi connectivity index (χ1v) is 8.75. The van der Waals surface area contributed by atoms with Gasteiger partial charge in [0.25, 0.3) is 0 Å². The normalized spacial score (nSPS) is 19.0. The van der Waals surface area contributed by atoms with Gasteiger partial charge in [0.05, 0.1) is 18.2 Å². The molecule has 2 heterocycles. The van der Waals surface area contributed by atoms with Crippen molar-refractivity contribution in [2.45, 2.75) is 39.5 Å². The number of aromatic nitrogens is 2. The number of nitrogens with zero attached hydrogens (tertiary/aromatic N) is 5. The van der Waals surface area contributed by atoms with Crippen LogP contribution in [0.25, 0.3) is 0 Å². The number of nitriles is 1. The van der Waals surface area contributed by atoms with Crippen LogP contribution in [-0.4, -0.2) is 45.0 Å². The zero-order valence-electron chi connectivity index (χ0n) is 14.8. The number of aryl methyl sites for hydroxylation is 1. The topological polar surface area (TPSA) is 48.1 Å². The van der Waals surface area contributed by atoms with Gasteiger partial charge < -0.3 is 4.57 Å². The molecule has 132 valence electrons. The van der Waals surface area contributed by atoms with E-state index in [0.29, 0.717) is 23.7 Å². The van der Waals surface area contributed by atoms with Gasteiger partial charge in [0.15, 0.2) is 0 Å². The van der Waals surface area contributed by atoms with Crippen molar-refractivity contribution in [1.82, 2.24) is 19.4 Å². The molecule has 2 aromatic rings. The van der Waals surface area contributed by atoms with Crippen LogP contribution in [-0.2, 0) is 19.6 Å². The highest BCUT2D eigenvalue weighted by molar-refractivity contribution is 5.32. The molecule has 0 amide bonds. The van der Waals surface area contributed by atoms with Gasteiger partial charge in [-0.2, -0.15) is 5.26 Å². The monoisotopic (exact) mass is 341 g/mol. The molecular weight excluding hydrogens is 317 g/mol. The Morgan fingerprint density at radius 1 is 1.32 bits per heavy atom. The molecule has 1 aliphatic heterocycles. The Kier molecular flexibility index (Phi) is 5.47. The van der Waals surface area contributed by atoms with E-state index >= 15 is 0 Å². The Bertz CT molecular complexity index is 763. The highest BCUT2D eigenvalue weighted by atomic mass is 19.1. The molecule has 0 N–H and O–H groups in total. The molecule has 0 aliphatic carbocycles. The van der Waals surface area contributed by atoms with Gasteiger partial charge in [-0.3, -0.25) is 9.80 Å². The minimum absolute atomic E-state index is 0.292. The molecule has 1 atom stereocenters. The van der Waals surface area contributed by atoms with Crippen LogP contribution < -0.4 is 0 Å². The van der Waals surface area contributed by atoms with Crippen LogP contribution in [0.2, 0.25) is 0 Å². The second-order valence-electron chi connectivity index (χ2n) is 6.60. The summed E-state index contributed by atoms with van der Waals surface area (Å²) in [6.45, 7) is 9.43. The molecule has 0 radical (unpaired) electrons. The Morgan fingerprint density at radius 2 is 2.16 bits per heavy atom. The summed E-state index contributed by atoms with van der Waals surface area (Å²) in [5.74, 6) is 0.806. The SMILES string of the molecule is CCn1ccnc1CN1CCN(Cc2ccc(C#N)cc2F)CC1C. The average Bonchev–Trinajstić information content (AvgIpc) is 3.06. The van der Waals surface area contributed by atoms with Gasteiger partial charge in [-0.15, -0.1) is 0 Å². The number of benzene rings is 1. The molecule has 25 heavy (non-hydrogen) atoms. The zero-order chi connectivity index (χ0) is 17.8. The van der Waals surface area contributed by atoms with Gasteiger partial charge >= 0.3 is 0 Å². The number of piperazine rings is 1. The molecule has 0 spiro atoms. The van der Waals surface area contributed by atoms with Crippen LogP contribution in [0.15, 0.2) is 30.6 Å². The third-order valence-corrected chi connectivity index (χ3v) is 4.91. The first-order chi connectivity index (χ1) is 12.1. The van der Waals surface area contributed by atoms with E-state index in [2.05, 4.69) is 33.2 Å². The molecule has 3 rings (SSSR count). The lowest BCUT2D eigenvalue weighted by atomic mass is 10.1. The van der Waals surface area contributed by atoms with Gasteiger partial charge in [-0.1, -0.05) is 6.07 Å². The number of imidazole rings is 1. The standard InChI is InChI=1S/C19H24FN5/c1-3-24-7-6-22-19(24)14-25-9-8-23(12-15(25)2)13-17-5-4-16(11-21)10-18(17)20/h4-7,10,15H,3,8-9,12-14H2,1-2H3. The molecule has 5 nitrogen and oxygen atoms in total. The first kappa shape index (κ1) is 17.6. The van der Waals surface area contributed by atoms with Crippen LogP contribution >= 0.6 is 0 Å². The maximum Gasteiger partial charge on any atom is 0.129 e. The maximum absolute atomic E-state index is 14.1. The number of hydrogen-bond donors (Lipinski definition) is 0. The number of hydrogen-bond acceptors (Lipinski definition) is 4. The minimum Gasteiger partial charge on any atom is -0.334 e. The van der Waals surface area contributed by atoms with Crippen LogP contribution in [0.1, 0.15) is 30.8 Å². The fourth-order valence-electron chi connectivity index (χ4n) is 3.40. The predicted octanol–water partition coefficient (Wildman–Crippen LogP) is 2.62. The van der Waals surface area contributed by atoms with E-state index in [-0.39, 0.29) is 5.82 Å². The highest BCUT2D eigenvalue weighted by Crippen LogP contribution is 2.18. The summed E-state index contributed by atoms with van der Waals surface area (Å²) in [5, 5.41) is 8.84. The fraction of sp³-hybridized carbons (Fsp3) is 0.474. The summed E-state index contributed by atoms with van der Waals surface area (Å²) in [4.78, 5) is 9.17. The van der Waals surface area contributed by atoms with Crippen molar-refractivity contribution in [3.05, 3.63) is 53.4 Å². The van der Waals surface area contributed by atoms with E-state index < -0.39 is 0 Å². The summed E-state index contributed by atoms with van der Waals surface area (Å²) >= 11 is 0. The second kappa shape index (κ2) is 7.77. The van der Waals surface area contributed by atoms with Crippen molar-refractivity contribution >= 4 is 0 Å². The molecule has 1 saturated heterocycles. The van der Waals surface area contributed by atoms with E-state index in [1.807, 2.05) is 18.5 Å². The Balaban J connectivity index is 1.59. The summed E-state index contributed by atoms with van der Waals surface area (Å²) in [7, 11) is 0. The van der Waals surface area contributed by atoms with Crippen molar-refractivity contribution in [3.8, 4) is 6.07 Å². The fourth-order valence-corrected chi connectivity index (χ4v) is 3.40. The Labute approximate surface area is 148 Å². The van der Waals surface area contributed by atoms with E-state index in [1.165, 1.54) is 6.07 Å². The first-order valence-electron chi connectivity index (χ1n) is 8.75. The zero-order valence-corrected chi connectivity index (χ0v) is 14.8. The predicted molar refractivity (Wildman–Crippen MR) is 94.2 cm³/mol. The maximum atomic E-state index is 14.1. The lowest BCUT2D eigenvalue weighted by Gasteiger charge is -2.39. The van der Waals surface area contributed by atoms with Crippen LogP contribution in [0.3, 0.4) is 0 Å². The summed E-state index contributed by atoms with van der Waals surface area (Å²) < 4.78 is 16.3. The molecule has 1 fully saturated rings. The van der Waals surface area contributed by atoms with E-state index in [9.17, 15) is 4.39 Å². The molecule has 1 aromatic carbocycles. The third-order valence-electron chi connectivity index (χ3n) is 4.91. The van der Waals surface area contributed by atoms with Crippen molar-refractivity contribution in [1.29, 1.82) is 5.26 Å². The van der Waals surface area contributed by atoms with Crippen molar-refractivity contribution in [2.75, 3.05) is 19.6 Å². The number of rotatable bonds is 5. The summed E-state index contributed by atoms with van der Waals surface area (Å²) in [5.41, 5.74) is 1.02. The molecule has 1 unspecified atom stereocenters. The third kappa shape index (κ3) is 4.06. The van der Waals surface area contributed by atoms with Crippen LogP contribution in [0.5, 0.6) is 0 Å². The summed E-state index contributed by atoms with van der Waals surface area (Å²) in [6.07, 6.45) is 3.87. The molecule has 0 saturated carbocycles. The number of halogens is 1. The van der Waals surface area contributed by atoms with Crippen LogP contribution in [0, 0.1) is 17.1 Å². The lowest BCUT2D eigenvalue weighted by Crippen LogP contribution is -2.51. The van der Waals surface area contributed by atoms with Gasteiger partial charge in [-0.25, -0.2) is 9.37 Å². The van der Waals surface area contributed by atoms with Gasteiger partial charge in [-0.05, 0) is 26.0 Å². The van der Waals surface area contributed by atoms with Gasteiger partial charge in [0, 0.05) is 56.7 Å². The largest absolute Gasteiger partial charge is 0.334 e. The van der Waals surface area contributed by atoms with E-state index in [4.69, 9.17) is 5.26 Å². The van der Waals surface area contributed by atoms with Crippen molar-refractivity contribution in [2.24, 2.45) is 0 Å². The molecule has 0 bridgehead atoms. The van der Waals surface area contributed by atoms with Crippen LogP contribution in [0.4, 0.5) is 4.39 Å².